The van der Waals surface area contributed by atoms with Crippen LogP contribution in [0.5, 0.6) is 5.75 Å². The van der Waals surface area contributed by atoms with Crippen LogP contribution in [0.25, 0.3) is 6.08 Å². The van der Waals surface area contributed by atoms with Crippen LogP contribution >= 0.6 is 35.6 Å². The first-order valence-corrected chi connectivity index (χ1v) is 10.9. The Bertz CT molecular complexity index is 1230. The minimum absolute atomic E-state index is 0.0148. The van der Waals surface area contributed by atoms with E-state index in [-0.39, 0.29) is 24.7 Å². The number of ether oxygens (including phenoxy) is 1. The molecule has 7 nitrogen and oxygen atoms in total. The van der Waals surface area contributed by atoms with Crippen LogP contribution in [-0.4, -0.2) is 20.1 Å². The summed E-state index contributed by atoms with van der Waals surface area (Å²) in [5.74, 6) is 0.809. The molecule has 0 aliphatic carbocycles. The van der Waals surface area contributed by atoms with E-state index in [1.165, 1.54) is 29.0 Å². The molecule has 1 fully saturated rings. The Morgan fingerprint density at radius 2 is 2.03 bits per heavy atom. The molecule has 0 N–H and O–H groups in total. The number of thioether (sulfide) groups is 1. The average Bonchev–Trinajstić information content (AvgIpc) is 3.37. The van der Waals surface area contributed by atoms with Gasteiger partial charge in [-0.15, -0.1) is 0 Å². The van der Waals surface area contributed by atoms with Crippen LogP contribution in [0.3, 0.4) is 0 Å². The smallest absolute Gasteiger partial charge is 0.276 e. The highest BCUT2D eigenvalue weighted by atomic mass is 35.5. The Morgan fingerprint density at radius 3 is 2.78 bits per heavy atom. The number of nitrogens with zero attached hydrogens (tertiary/aromatic N) is 2. The second-order valence-corrected chi connectivity index (χ2v) is 8.82. The van der Waals surface area contributed by atoms with Gasteiger partial charge in [-0.2, -0.15) is 0 Å². The van der Waals surface area contributed by atoms with Crippen molar-refractivity contribution in [2.45, 2.75) is 13.2 Å². The lowest BCUT2D eigenvalue weighted by molar-refractivity contribution is -0.385. The number of furan rings is 1. The number of para-hydroxylation sites is 1. The van der Waals surface area contributed by atoms with Gasteiger partial charge >= 0.3 is 0 Å². The monoisotopic (exact) mass is 486 g/mol. The highest BCUT2D eigenvalue weighted by Gasteiger charge is 2.32. The zero-order valence-corrected chi connectivity index (χ0v) is 18.8. The number of carbonyl (C=O) groups excluding carboxylic acids is 1. The third kappa shape index (κ3) is 4.85. The van der Waals surface area contributed by atoms with Crippen molar-refractivity contribution >= 4 is 57.6 Å². The van der Waals surface area contributed by atoms with Crippen LogP contribution in [-0.2, 0) is 17.9 Å². The Balaban J connectivity index is 1.57. The summed E-state index contributed by atoms with van der Waals surface area (Å²) in [5.41, 5.74) is 0.972. The number of carbonyl (C=O) groups is 1. The minimum Gasteiger partial charge on any atom is -0.488 e. The van der Waals surface area contributed by atoms with Gasteiger partial charge in [-0.25, -0.2) is 0 Å². The maximum absolute atomic E-state index is 12.9. The molecule has 0 unspecified atom stereocenters. The summed E-state index contributed by atoms with van der Waals surface area (Å²) in [6, 6.07) is 14.8. The van der Waals surface area contributed by atoms with Crippen molar-refractivity contribution in [1.29, 1.82) is 0 Å². The summed E-state index contributed by atoms with van der Waals surface area (Å²) in [6.45, 7) is 0.227. The van der Waals surface area contributed by atoms with E-state index in [0.717, 1.165) is 0 Å². The molecule has 0 saturated carbocycles. The van der Waals surface area contributed by atoms with Gasteiger partial charge in [-0.3, -0.25) is 19.8 Å². The molecule has 2 heterocycles. The number of rotatable bonds is 7. The molecule has 4 rings (SSSR count). The van der Waals surface area contributed by atoms with Gasteiger partial charge in [0.25, 0.3) is 11.6 Å². The van der Waals surface area contributed by atoms with Gasteiger partial charge in [0.05, 0.1) is 28.2 Å². The molecule has 2 aromatic carbocycles. The minimum atomic E-state index is -0.453. The van der Waals surface area contributed by atoms with Crippen LogP contribution in [0, 0.1) is 10.1 Å². The van der Waals surface area contributed by atoms with Gasteiger partial charge in [-0.05, 0) is 42.5 Å². The van der Waals surface area contributed by atoms with Gasteiger partial charge in [0.15, 0.2) is 0 Å². The fourth-order valence-electron chi connectivity index (χ4n) is 3.07. The lowest BCUT2D eigenvalue weighted by Crippen LogP contribution is -2.27. The second kappa shape index (κ2) is 9.56. The van der Waals surface area contributed by atoms with E-state index in [2.05, 4.69) is 0 Å². The van der Waals surface area contributed by atoms with E-state index < -0.39 is 4.92 Å². The number of thiocarbonyl (C=S) groups is 1. The molecule has 32 heavy (non-hydrogen) atoms. The molecule has 3 aromatic rings. The summed E-state index contributed by atoms with van der Waals surface area (Å²) < 4.78 is 11.6. The van der Waals surface area contributed by atoms with E-state index >= 15 is 0 Å². The van der Waals surface area contributed by atoms with Crippen LogP contribution in [0.1, 0.15) is 16.9 Å². The van der Waals surface area contributed by atoms with Crippen LogP contribution in [0.4, 0.5) is 5.69 Å². The third-order valence-electron chi connectivity index (χ3n) is 4.60. The molecule has 10 heteroatoms. The fraction of sp³-hybridized carbons (Fsp3) is 0.0909. The van der Waals surface area contributed by atoms with Crippen LogP contribution in [0.15, 0.2) is 70.2 Å². The number of benzene rings is 2. The van der Waals surface area contributed by atoms with Crippen molar-refractivity contribution in [2.75, 3.05) is 0 Å². The molecule has 0 bridgehead atoms. The van der Waals surface area contributed by atoms with Crippen molar-refractivity contribution in [2.24, 2.45) is 0 Å². The predicted molar refractivity (Wildman–Crippen MR) is 126 cm³/mol. The Hall–Kier alpha value is -3.14. The predicted octanol–water partition coefficient (Wildman–Crippen LogP) is 5.82. The number of nitro groups is 1. The normalized spacial score (nSPS) is 14.9. The van der Waals surface area contributed by atoms with E-state index in [1.54, 1.807) is 54.6 Å². The van der Waals surface area contributed by atoms with Crippen molar-refractivity contribution in [3.63, 3.8) is 0 Å². The topological polar surface area (TPSA) is 85.8 Å². The number of hydrogen-bond acceptors (Lipinski definition) is 7. The maximum Gasteiger partial charge on any atom is 0.276 e. The van der Waals surface area contributed by atoms with E-state index in [9.17, 15) is 14.9 Å². The summed E-state index contributed by atoms with van der Waals surface area (Å²) in [4.78, 5) is 25.6. The molecule has 1 saturated heterocycles. The molecule has 0 radical (unpaired) electrons. The first-order chi connectivity index (χ1) is 15.4. The van der Waals surface area contributed by atoms with Gasteiger partial charge in [0, 0.05) is 16.7 Å². The first-order valence-electron chi connectivity index (χ1n) is 9.35. The number of nitro benzene ring substituents is 1. The fourth-order valence-corrected chi connectivity index (χ4v) is 4.49. The molecule has 1 aliphatic heterocycles. The quantitative estimate of drug-likeness (QED) is 0.180. The summed E-state index contributed by atoms with van der Waals surface area (Å²) in [6.07, 6.45) is 3.19. The van der Waals surface area contributed by atoms with Gasteiger partial charge in [0.2, 0.25) is 0 Å². The van der Waals surface area contributed by atoms with Crippen LogP contribution in [0.2, 0.25) is 5.02 Å². The molecular formula is C22H15ClN2O5S2. The van der Waals surface area contributed by atoms with E-state index in [0.29, 0.717) is 36.9 Å². The second-order valence-electron chi connectivity index (χ2n) is 6.70. The molecular weight excluding hydrogens is 472 g/mol. The van der Waals surface area contributed by atoms with Gasteiger partial charge < -0.3 is 9.15 Å². The highest BCUT2D eigenvalue weighted by molar-refractivity contribution is 8.26. The van der Waals surface area contributed by atoms with E-state index in [4.69, 9.17) is 33.0 Å². The Morgan fingerprint density at radius 1 is 1.22 bits per heavy atom. The highest BCUT2D eigenvalue weighted by Crippen LogP contribution is 2.36. The zero-order valence-electron chi connectivity index (χ0n) is 16.4. The summed E-state index contributed by atoms with van der Waals surface area (Å²) in [7, 11) is 0. The number of amides is 1. The lowest BCUT2D eigenvalue weighted by Gasteiger charge is -2.12. The molecule has 1 amide bonds. The Kier molecular flexibility index (Phi) is 6.59. The average molecular weight is 487 g/mol. The molecule has 1 aliphatic rings. The maximum atomic E-state index is 12.9. The van der Waals surface area contributed by atoms with Crippen molar-refractivity contribution in [3.8, 4) is 5.75 Å². The molecule has 162 valence electrons. The molecule has 0 spiro atoms. The lowest BCUT2D eigenvalue weighted by atomic mass is 10.1. The third-order valence-corrected chi connectivity index (χ3v) is 6.21. The SMILES string of the molecule is O=C1C(=Cc2cc(Cl)ccc2OCc2ccccc2[N+](=O)[O-])SC(=S)N1Cc1ccco1. The van der Waals surface area contributed by atoms with E-state index in [1.807, 2.05) is 0 Å². The van der Waals surface area contributed by atoms with Gasteiger partial charge in [0.1, 0.15) is 22.4 Å². The summed E-state index contributed by atoms with van der Waals surface area (Å²) in [5, 5.41) is 11.7. The number of halogens is 1. The largest absolute Gasteiger partial charge is 0.488 e. The Labute approximate surface area is 197 Å². The zero-order chi connectivity index (χ0) is 22.7. The first kappa shape index (κ1) is 22.1. The number of hydrogen-bond donors (Lipinski definition) is 0. The van der Waals surface area contributed by atoms with Crippen molar-refractivity contribution < 1.29 is 18.9 Å². The standard InChI is InChI=1S/C22H15ClN2O5S2/c23-16-7-8-19(30-13-14-4-1-2-6-18(14)25(27)28)15(10-16)11-20-21(26)24(22(31)32-20)12-17-5-3-9-29-17/h1-11H,12-13H2. The molecule has 0 atom stereocenters. The van der Waals surface area contributed by atoms with Crippen molar-refractivity contribution in [1.82, 2.24) is 4.90 Å². The molecule has 1 aromatic heterocycles. The summed E-state index contributed by atoms with van der Waals surface area (Å²) >= 11 is 12.7. The van der Waals surface area contributed by atoms with Gasteiger partial charge in [-0.1, -0.05) is 47.7 Å². The van der Waals surface area contributed by atoms with Crippen molar-refractivity contribution in [3.05, 3.63) is 97.8 Å². The van der Waals surface area contributed by atoms with Crippen LogP contribution < -0.4 is 4.74 Å².